The molecule has 0 spiro atoms. The molecule has 1 aliphatic rings. The minimum Gasteiger partial charge on any atom is -0.350 e. The second-order valence-corrected chi connectivity index (χ2v) is 4.53. The van der Waals surface area contributed by atoms with Crippen molar-refractivity contribution in [3.63, 3.8) is 0 Å². The molecule has 0 aromatic heterocycles. The monoisotopic (exact) mass is 209 g/mol. The van der Waals surface area contributed by atoms with Crippen LogP contribution in [0, 0.1) is 0 Å². The summed E-state index contributed by atoms with van der Waals surface area (Å²) < 4.78 is 23.7. The Morgan fingerprint density at radius 2 is 2.23 bits per heavy atom. The van der Waals surface area contributed by atoms with Gasteiger partial charge in [-0.1, -0.05) is 6.42 Å². The van der Waals surface area contributed by atoms with Crippen molar-refractivity contribution >= 4 is 17.7 Å². The fourth-order valence-corrected chi connectivity index (χ4v) is 2.26. The van der Waals surface area contributed by atoms with Crippen molar-refractivity contribution in [1.29, 1.82) is 0 Å². The van der Waals surface area contributed by atoms with Crippen molar-refractivity contribution in [3.8, 4) is 0 Å². The molecule has 0 aromatic carbocycles. The Labute approximate surface area is 80.5 Å². The van der Waals surface area contributed by atoms with Gasteiger partial charge in [-0.15, -0.1) is 0 Å². The normalized spacial score (nSPS) is 19.7. The lowest BCUT2D eigenvalue weighted by molar-refractivity contribution is -0.131. The fraction of sp³-hybridized carbons (Fsp3) is 0.875. The van der Waals surface area contributed by atoms with Gasteiger partial charge in [-0.25, -0.2) is 0 Å². The van der Waals surface area contributed by atoms with E-state index in [9.17, 15) is 13.6 Å². The number of carbonyl (C=O) groups excluding carboxylic acids is 1. The quantitative estimate of drug-likeness (QED) is 0.762. The number of alkyl halides is 2. The summed E-state index contributed by atoms with van der Waals surface area (Å²) in [6.07, 6.45) is 2.22. The average Bonchev–Trinajstić information content (AvgIpc) is 2.02. The lowest BCUT2D eigenvalue weighted by Gasteiger charge is -2.40. The van der Waals surface area contributed by atoms with E-state index in [4.69, 9.17) is 0 Å². The summed E-state index contributed by atoms with van der Waals surface area (Å²) in [5, 5.41) is 2.27. The first-order chi connectivity index (χ1) is 6.09. The van der Waals surface area contributed by atoms with E-state index in [0.717, 1.165) is 19.3 Å². The smallest absolute Gasteiger partial charge is 0.315 e. The number of thioether (sulfide) groups is 1. The topological polar surface area (TPSA) is 29.1 Å². The molecule has 0 bridgehead atoms. The molecular weight excluding hydrogens is 196 g/mol. The number of hydrogen-bond acceptors (Lipinski definition) is 2. The van der Waals surface area contributed by atoms with Crippen LogP contribution in [0.5, 0.6) is 0 Å². The fourth-order valence-electron chi connectivity index (χ4n) is 1.35. The third-order valence-electron chi connectivity index (χ3n) is 2.48. The zero-order chi connectivity index (χ0) is 9.90. The van der Waals surface area contributed by atoms with E-state index in [1.54, 1.807) is 11.8 Å². The maximum absolute atomic E-state index is 11.8. The number of rotatable bonds is 4. The van der Waals surface area contributed by atoms with Crippen LogP contribution in [-0.4, -0.2) is 29.9 Å². The van der Waals surface area contributed by atoms with E-state index < -0.39 is 12.3 Å². The van der Waals surface area contributed by atoms with Gasteiger partial charge >= 0.3 is 6.43 Å². The first kappa shape index (κ1) is 10.8. The van der Waals surface area contributed by atoms with Gasteiger partial charge in [-0.2, -0.15) is 20.5 Å². The number of hydrogen-bond donors (Lipinski definition) is 1. The first-order valence-electron chi connectivity index (χ1n) is 4.21. The van der Waals surface area contributed by atoms with E-state index in [1.165, 1.54) is 0 Å². The van der Waals surface area contributed by atoms with E-state index in [0.29, 0.717) is 6.54 Å². The highest BCUT2D eigenvalue weighted by atomic mass is 32.2. The summed E-state index contributed by atoms with van der Waals surface area (Å²) in [7, 11) is 0. The first-order valence-corrected chi connectivity index (χ1v) is 5.43. The lowest BCUT2D eigenvalue weighted by Crippen LogP contribution is -2.46. The van der Waals surface area contributed by atoms with Crippen LogP contribution < -0.4 is 5.32 Å². The van der Waals surface area contributed by atoms with Crippen molar-refractivity contribution < 1.29 is 13.6 Å². The summed E-state index contributed by atoms with van der Waals surface area (Å²) in [5.41, 5.74) is 0. The molecule has 0 aliphatic heterocycles. The van der Waals surface area contributed by atoms with Crippen LogP contribution in [0.15, 0.2) is 0 Å². The van der Waals surface area contributed by atoms with Gasteiger partial charge in [0.25, 0.3) is 5.91 Å². The predicted molar refractivity (Wildman–Crippen MR) is 49.1 cm³/mol. The molecule has 1 aliphatic carbocycles. The van der Waals surface area contributed by atoms with E-state index >= 15 is 0 Å². The van der Waals surface area contributed by atoms with Crippen LogP contribution in [0.25, 0.3) is 0 Å². The lowest BCUT2D eigenvalue weighted by atomic mass is 9.84. The second kappa shape index (κ2) is 4.26. The Balaban J connectivity index is 2.28. The molecule has 0 radical (unpaired) electrons. The van der Waals surface area contributed by atoms with Gasteiger partial charge in [-0.05, 0) is 19.1 Å². The Morgan fingerprint density at radius 1 is 1.62 bits per heavy atom. The highest BCUT2D eigenvalue weighted by Crippen LogP contribution is 2.42. The van der Waals surface area contributed by atoms with Crippen molar-refractivity contribution in [1.82, 2.24) is 5.32 Å². The summed E-state index contributed by atoms with van der Waals surface area (Å²) >= 11 is 1.65. The van der Waals surface area contributed by atoms with Gasteiger partial charge in [0.2, 0.25) is 0 Å². The molecule has 5 heteroatoms. The van der Waals surface area contributed by atoms with Crippen molar-refractivity contribution in [2.75, 3.05) is 12.8 Å². The van der Waals surface area contributed by atoms with Gasteiger partial charge in [-0.3, -0.25) is 4.79 Å². The minimum absolute atomic E-state index is 0.0323. The molecule has 76 valence electrons. The van der Waals surface area contributed by atoms with Crippen molar-refractivity contribution in [2.24, 2.45) is 0 Å². The third kappa shape index (κ3) is 2.56. The van der Waals surface area contributed by atoms with Crippen LogP contribution in [0.3, 0.4) is 0 Å². The van der Waals surface area contributed by atoms with Crippen molar-refractivity contribution in [2.45, 2.75) is 30.4 Å². The maximum atomic E-state index is 11.8. The van der Waals surface area contributed by atoms with Gasteiger partial charge in [0.1, 0.15) is 0 Å². The van der Waals surface area contributed by atoms with Crippen LogP contribution in [0.2, 0.25) is 0 Å². The van der Waals surface area contributed by atoms with Crippen LogP contribution in [0.1, 0.15) is 19.3 Å². The number of amides is 1. The highest BCUT2D eigenvalue weighted by Gasteiger charge is 2.36. The summed E-state index contributed by atoms with van der Waals surface area (Å²) in [6.45, 7) is 0.372. The van der Waals surface area contributed by atoms with Crippen LogP contribution >= 0.6 is 11.8 Å². The molecule has 1 N–H and O–H groups in total. The van der Waals surface area contributed by atoms with Gasteiger partial charge in [0.15, 0.2) is 0 Å². The highest BCUT2D eigenvalue weighted by molar-refractivity contribution is 8.00. The van der Waals surface area contributed by atoms with Gasteiger partial charge in [0, 0.05) is 11.3 Å². The molecule has 0 saturated heterocycles. The molecule has 1 saturated carbocycles. The average molecular weight is 209 g/mol. The Hall–Kier alpha value is -0.320. The molecule has 13 heavy (non-hydrogen) atoms. The number of nitrogens with one attached hydrogen (secondary N) is 1. The summed E-state index contributed by atoms with van der Waals surface area (Å²) in [5.74, 6) is -1.15. The summed E-state index contributed by atoms with van der Waals surface area (Å²) in [6, 6.07) is 0. The molecular formula is C8H13F2NOS. The molecule has 0 aromatic rings. The molecule has 1 amide bonds. The maximum Gasteiger partial charge on any atom is 0.315 e. The predicted octanol–water partition coefficient (Wildman–Crippen LogP) is 1.65. The van der Waals surface area contributed by atoms with E-state index in [-0.39, 0.29) is 4.75 Å². The number of halogens is 2. The molecule has 0 atom stereocenters. The second-order valence-electron chi connectivity index (χ2n) is 3.26. The summed E-state index contributed by atoms with van der Waals surface area (Å²) in [4.78, 5) is 10.6. The van der Waals surface area contributed by atoms with Crippen LogP contribution in [-0.2, 0) is 4.79 Å². The van der Waals surface area contributed by atoms with Crippen molar-refractivity contribution in [3.05, 3.63) is 0 Å². The molecule has 2 nitrogen and oxygen atoms in total. The number of carbonyl (C=O) groups is 1. The Morgan fingerprint density at radius 3 is 2.54 bits per heavy atom. The van der Waals surface area contributed by atoms with E-state index in [1.807, 2.05) is 6.26 Å². The standard InChI is InChI=1S/C8H13F2NOS/c1-13-8(3-2-4-8)5-11-7(12)6(9)10/h6H,2-5H2,1H3,(H,11,12). The third-order valence-corrected chi connectivity index (χ3v) is 3.90. The molecule has 0 unspecified atom stereocenters. The molecule has 0 heterocycles. The van der Waals surface area contributed by atoms with Gasteiger partial charge < -0.3 is 5.32 Å². The largest absolute Gasteiger partial charge is 0.350 e. The Bertz CT molecular complexity index is 189. The Kier molecular flexibility index (Phi) is 3.53. The minimum atomic E-state index is -2.89. The van der Waals surface area contributed by atoms with E-state index in [2.05, 4.69) is 5.32 Å². The zero-order valence-electron chi connectivity index (χ0n) is 7.48. The molecule has 1 fully saturated rings. The molecule has 1 rings (SSSR count). The zero-order valence-corrected chi connectivity index (χ0v) is 8.29. The van der Waals surface area contributed by atoms with Gasteiger partial charge in [0.05, 0.1) is 0 Å². The van der Waals surface area contributed by atoms with Crippen LogP contribution in [0.4, 0.5) is 8.78 Å². The SMILES string of the molecule is CSC1(CNC(=O)C(F)F)CCC1.